The Hall–Kier alpha value is -4.50. The van der Waals surface area contributed by atoms with Gasteiger partial charge in [-0.3, -0.25) is 14.9 Å². The Morgan fingerprint density at radius 3 is 2.37 bits per heavy atom. The second-order valence-corrected chi connectivity index (χ2v) is 9.28. The summed E-state index contributed by atoms with van der Waals surface area (Å²) in [6, 6.07) is 21.1. The molecule has 0 bridgehead atoms. The number of aromatic amines is 1. The second kappa shape index (κ2) is 11.7. The van der Waals surface area contributed by atoms with Crippen molar-refractivity contribution in [1.82, 2.24) is 9.88 Å². The standard InChI is InChI=1S/C29H31N5O4/c1-4-8-26(35)33(18-17-32(2)3)22-13-11-21(12-14-22)30-28(20-9-6-5-7-10-20)27-24-19-23(34(37)38)15-16-25(24)31-29(27)36/h5-7,9-16,19,31,36H,4,8,17-18H2,1-3H3. The number of nitrogens with one attached hydrogen (secondary N) is 1. The first kappa shape index (κ1) is 26.6. The molecule has 9 nitrogen and oxygen atoms in total. The first-order valence-electron chi connectivity index (χ1n) is 12.5. The summed E-state index contributed by atoms with van der Waals surface area (Å²) in [7, 11) is 3.94. The van der Waals surface area contributed by atoms with Crippen molar-refractivity contribution in [2.45, 2.75) is 19.8 Å². The zero-order valence-corrected chi connectivity index (χ0v) is 21.7. The van der Waals surface area contributed by atoms with Gasteiger partial charge in [0, 0.05) is 53.8 Å². The summed E-state index contributed by atoms with van der Waals surface area (Å²) in [5.41, 5.74) is 3.47. The molecular weight excluding hydrogens is 482 g/mol. The molecule has 196 valence electrons. The number of nitro benzene ring substituents is 1. The summed E-state index contributed by atoms with van der Waals surface area (Å²) in [5, 5.41) is 22.8. The number of amides is 1. The SMILES string of the molecule is CCCC(=O)N(CCN(C)C)c1ccc(N=C(c2ccccc2)c2c(O)[nH]c3ccc([N+](=O)[O-])cc23)cc1. The number of likely N-dealkylation sites (N-methyl/N-ethyl adjacent to an activating group) is 1. The number of anilines is 1. The second-order valence-electron chi connectivity index (χ2n) is 9.28. The maximum atomic E-state index is 12.8. The third kappa shape index (κ3) is 5.90. The van der Waals surface area contributed by atoms with E-state index < -0.39 is 4.92 Å². The Balaban J connectivity index is 1.79. The van der Waals surface area contributed by atoms with Gasteiger partial charge in [-0.25, -0.2) is 4.99 Å². The van der Waals surface area contributed by atoms with E-state index in [9.17, 15) is 20.0 Å². The van der Waals surface area contributed by atoms with E-state index in [0.717, 1.165) is 24.2 Å². The topological polar surface area (TPSA) is 115 Å². The fourth-order valence-electron chi connectivity index (χ4n) is 4.26. The molecule has 0 fully saturated rings. The van der Waals surface area contributed by atoms with E-state index >= 15 is 0 Å². The predicted octanol–water partition coefficient (Wildman–Crippen LogP) is 5.65. The third-order valence-corrected chi connectivity index (χ3v) is 6.20. The molecule has 0 aliphatic heterocycles. The van der Waals surface area contributed by atoms with E-state index in [4.69, 9.17) is 4.99 Å². The number of hydrogen-bond acceptors (Lipinski definition) is 6. The molecule has 1 aromatic heterocycles. The lowest BCUT2D eigenvalue weighted by Gasteiger charge is -2.24. The van der Waals surface area contributed by atoms with Crippen LogP contribution in [0.15, 0.2) is 77.8 Å². The molecular formula is C29H31N5O4. The number of aromatic hydroxyl groups is 1. The molecule has 0 spiro atoms. The molecule has 0 atom stereocenters. The van der Waals surface area contributed by atoms with Crippen LogP contribution in [0.3, 0.4) is 0 Å². The summed E-state index contributed by atoms with van der Waals surface area (Å²) < 4.78 is 0. The van der Waals surface area contributed by atoms with Crippen LogP contribution in [0.4, 0.5) is 17.1 Å². The smallest absolute Gasteiger partial charge is 0.270 e. The lowest BCUT2D eigenvalue weighted by molar-refractivity contribution is -0.384. The van der Waals surface area contributed by atoms with Gasteiger partial charge in [-0.15, -0.1) is 0 Å². The number of H-pyrrole nitrogens is 1. The summed E-state index contributed by atoms with van der Waals surface area (Å²) in [6.07, 6.45) is 1.24. The molecule has 0 saturated carbocycles. The summed E-state index contributed by atoms with van der Waals surface area (Å²) >= 11 is 0. The van der Waals surface area contributed by atoms with Gasteiger partial charge in [0.15, 0.2) is 5.88 Å². The Morgan fingerprint density at radius 1 is 1.03 bits per heavy atom. The quantitative estimate of drug-likeness (QED) is 0.162. The van der Waals surface area contributed by atoms with Gasteiger partial charge < -0.3 is 19.9 Å². The minimum atomic E-state index is -0.465. The number of carbonyl (C=O) groups excluding carboxylic acids is 1. The van der Waals surface area contributed by atoms with Gasteiger partial charge >= 0.3 is 0 Å². The van der Waals surface area contributed by atoms with Gasteiger partial charge in [0.25, 0.3) is 5.69 Å². The number of nitro groups is 1. The van der Waals surface area contributed by atoms with E-state index in [1.54, 1.807) is 11.0 Å². The van der Waals surface area contributed by atoms with E-state index in [2.05, 4.69) is 4.98 Å². The highest BCUT2D eigenvalue weighted by Crippen LogP contribution is 2.34. The lowest BCUT2D eigenvalue weighted by Crippen LogP contribution is -2.36. The van der Waals surface area contributed by atoms with E-state index in [-0.39, 0.29) is 17.5 Å². The monoisotopic (exact) mass is 513 g/mol. The summed E-state index contributed by atoms with van der Waals surface area (Å²) in [5.74, 6) is -0.0550. The Labute approximate surface area is 221 Å². The average Bonchev–Trinajstić information content (AvgIpc) is 3.23. The molecule has 0 aliphatic rings. The number of non-ortho nitro benzene ring substituents is 1. The number of nitrogens with zero attached hydrogens (tertiary/aromatic N) is 4. The molecule has 0 radical (unpaired) electrons. The van der Waals surface area contributed by atoms with Crippen molar-refractivity contribution in [3.05, 3.63) is 94.0 Å². The van der Waals surface area contributed by atoms with Crippen molar-refractivity contribution in [2.24, 2.45) is 4.99 Å². The van der Waals surface area contributed by atoms with Crippen molar-refractivity contribution in [2.75, 3.05) is 32.1 Å². The van der Waals surface area contributed by atoms with Gasteiger partial charge in [0.1, 0.15) is 0 Å². The van der Waals surface area contributed by atoms with Crippen LogP contribution in [-0.2, 0) is 4.79 Å². The van der Waals surface area contributed by atoms with Gasteiger partial charge in [0.05, 0.1) is 21.9 Å². The van der Waals surface area contributed by atoms with Gasteiger partial charge in [0.2, 0.25) is 5.91 Å². The molecule has 4 aromatic rings. The van der Waals surface area contributed by atoms with Crippen molar-refractivity contribution in [3.8, 4) is 5.88 Å². The van der Waals surface area contributed by atoms with Gasteiger partial charge in [-0.05, 0) is 50.8 Å². The molecule has 0 unspecified atom stereocenters. The highest BCUT2D eigenvalue weighted by molar-refractivity contribution is 6.22. The number of benzene rings is 3. The average molecular weight is 514 g/mol. The van der Waals surface area contributed by atoms with Crippen molar-refractivity contribution in [1.29, 1.82) is 0 Å². The molecule has 0 aliphatic carbocycles. The highest BCUT2D eigenvalue weighted by atomic mass is 16.6. The van der Waals surface area contributed by atoms with Crippen LogP contribution in [-0.4, -0.2) is 58.7 Å². The van der Waals surface area contributed by atoms with E-state index in [0.29, 0.717) is 40.8 Å². The van der Waals surface area contributed by atoms with Gasteiger partial charge in [-0.1, -0.05) is 37.3 Å². The predicted molar refractivity (Wildman–Crippen MR) is 151 cm³/mol. The Bertz CT molecular complexity index is 1460. The largest absolute Gasteiger partial charge is 0.494 e. The minimum Gasteiger partial charge on any atom is -0.494 e. The first-order chi connectivity index (χ1) is 18.3. The van der Waals surface area contributed by atoms with Crippen LogP contribution < -0.4 is 4.90 Å². The van der Waals surface area contributed by atoms with Crippen LogP contribution in [0.2, 0.25) is 0 Å². The molecule has 1 amide bonds. The molecule has 38 heavy (non-hydrogen) atoms. The summed E-state index contributed by atoms with van der Waals surface area (Å²) in [4.78, 5) is 35.4. The summed E-state index contributed by atoms with van der Waals surface area (Å²) in [6.45, 7) is 3.30. The molecule has 2 N–H and O–H groups in total. The zero-order valence-electron chi connectivity index (χ0n) is 21.7. The normalized spacial score (nSPS) is 11.7. The van der Waals surface area contributed by atoms with Crippen molar-refractivity contribution in [3.63, 3.8) is 0 Å². The molecule has 0 saturated heterocycles. The Kier molecular flexibility index (Phi) is 8.18. The van der Waals surface area contributed by atoms with Crippen molar-refractivity contribution >= 4 is 39.6 Å². The number of carbonyl (C=O) groups is 1. The molecule has 9 heteroatoms. The number of aromatic nitrogens is 1. The molecule has 1 heterocycles. The van der Waals surface area contributed by atoms with Crippen LogP contribution in [0.25, 0.3) is 10.9 Å². The Morgan fingerprint density at radius 2 is 1.74 bits per heavy atom. The van der Waals surface area contributed by atoms with Crippen LogP contribution in [0, 0.1) is 10.1 Å². The fraction of sp³-hybridized carbons (Fsp3) is 0.241. The number of rotatable bonds is 10. The number of hydrogen-bond donors (Lipinski definition) is 2. The number of aliphatic imine (C=N–C) groups is 1. The molecule has 4 rings (SSSR count). The zero-order chi connectivity index (χ0) is 27.2. The minimum absolute atomic E-state index is 0.0703. The lowest BCUT2D eigenvalue weighted by atomic mass is 10.0. The maximum Gasteiger partial charge on any atom is 0.270 e. The van der Waals surface area contributed by atoms with Gasteiger partial charge in [-0.2, -0.15) is 0 Å². The molecule has 3 aromatic carbocycles. The fourth-order valence-corrected chi connectivity index (χ4v) is 4.26. The van der Waals surface area contributed by atoms with Crippen molar-refractivity contribution < 1.29 is 14.8 Å². The number of fused-ring (bicyclic) bond motifs is 1. The highest BCUT2D eigenvalue weighted by Gasteiger charge is 2.21. The maximum absolute atomic E-state index is 12.8. The van der Waals surface area contributed by atoms with Crippen LogP contribution in [0.1, 0.15) is 30.9 Å². The third-order valence-electron chi connectivity index (χ3n) is 6.20. The first-order valence-corrected chi connectivity index (χ1v) is 12.5. The van der Waals surface area contributed by atoms with E-state index in [1.807, 2.05) is 80.5 Å². The van der Waals surface area contributed by atoms with E-state index in [1.165, 1.54) is 12.1 Å². The van der Waals surface area contributed by atoms with Crippen LogP contribution >= 0.6 is 0 Å². The van der Waals surface area contributed by atoms with Crippen LogP contribution in [0.5, 0.6) is 5.88 Å².